The number of aliphatic hydroxyl groups is 1. The summed E-state index contributed by atoms with van der Waals surface area (Å²) in [5, 5.41) is 17.5. The van der Waals surface area contributed by atoms with Crippen LogP contribution in [-0.2, 0) is 0 Å². The number of nitrogens with zero attached hydrogens (tertiary/aromatic N) is 4. The fourth-order valence-corrected chi connectivity index (χ4v) is 3.38. The summed E-state index contributed by atoms with van der Waals surface area (Å²) in [6.45, 7) is 0.430. The predicted octanol–water partition coefficient (Wildman–Crippen LogP) is 0.524. The van der Waals surface area contributed by atoms with Crippen LogP contribution in [0.25, 0.3) is 5.82 Å². The number of rotatable bonds is 4. The molecule has 1 atom stereocenters. The van der Waals surface area contributed by atoms with Crippen molar-refractivity contribution in [2.24, 2.45) is 0 Å². The van der Waals surface area contributed by atoms with Gasteiger partial charge in [0.15, 0.2) is 11.6 Å². The van der Waals surface area contributed by atoms with Crippen LogP contribution in [0.5, 0.6) is 0 Å². The molecule has 3 heterocycles. The Hall–Kier alpha value is -1.80. The van der Waals surface area contributed by atoms with E-state index in [-0.39, 0.29) is 0 Å². The third kappa shape index (κ3) is 2.56. The molecule has 2 aromatic rings. The van der Waals surface area contributed by atoms with Crippen molar-refractivity contribution < 1.29 is 5.11 Å². The van der Waals surface area contributed by atoms with Crippen molar-refractivity contribution in [3.63, 3.8) is 0 Å². The van der Waals surface area contributed by atoms with Crippen molar-refractivity contribution in [1.29, 1.82) is 0 Å². The van der Waals surface area contributed by atoms with Crippen LogP contribution in [0.4, 0.5) is 11.5 Å². The van der Waals surface area contributed by atoms with E-state index in [1.165, 1.54) is 6.33 Å². The zero-order valence-electron chi connectivity index (χ0n) is 10.9. The molecule has 0 bridgehead atoms. The van der Waals surface area contributed by atoms with Gasteiger partial charge in [0.2, 0.25) is 0 Å². The average molecular weight is 292 g/mol. The Labute approximate surface area is 120 Å². The van der Waals surface area contributed by atoms with Crippen molar-refractivity contribution in [3.05, 3.63) is 24.8 Å². The highest BCUT2D eigenvalue weighted by Gasteiger charge is 2.31. The molecule has 7 nitrogen and oxygen atoms in total. The van der Waals surface area contributed by atoms with Crippen molar-refractivity contribution >= 4 is 23.3 Å². The monoisotopic (exact) mass is 292 g/mol. The molecule has 0 aliphatic carbocycles. The number of aromatic nitrogens is 4. The van der Waals surface area contributed by atoms with E-state index in [9.17, 15) is 5.11 Å². The standard InChI is InChI=1S/C12H16N6OS/c13-9-10(14-6-12(19)2-5-20-7-12)15-8-16-11(9)18-4-1-3-17-18/h1,3-4,8,19H,2,5-7,13H2,(H,14,15,16). The SMILES string of the molecule is Nc1c(NCC2(O)CCSC2)ncnc1-n1cccn1. The molecule has 1 fully saturated rings. The Morgan fingerprint density at radius 1 is 1.50 bits per heavy atom. The molecule has 1 saturated heterocycles. The number of nitrogens with one attached hydrogen (secondary N) is 1. The minimum Gasteiger partial charge on any atom is -0.393 e. The minimum absolute atomic E-state index is 0.422. The maximum absolute atomic E-state index is 10.3. The van der Waals surface area contributed by atoms with Crippen molar-refractivity contribution in [1.82, 2.24) is 19.7 Å². The highest BCUT2D eigenvalue weighted by molar-refractivity contribution is 7.99. The van der Waals surface area contributed by atoms with Gasteiger partial charge in [-0.2, -0.15) is 16.9 Å². The first-order valence-corrected chi connectivity index (χ1v) is 7.48. The smallest absolute Gasteiger partial charge is 0.181 e. The molecule has 3 rings (SSSR count). The number of thioether (sulfide) groups is 1. The Balaban J connectivity index is 1.78. The van der Waals surface area contributed by atoms with Crippen LogP contribution in [0.1, 0.15) is 6.42 Å². The molecule has 20 heavy (non-hydrogen) atoms. The van der Waals surface area contributed by atoms with Gasteiger partial charge in [0.25, 0.3) is 0 Å². The van der Waals surface area contributed by atoms with Gasteiger partial charge < -0.3 is 16.2 Å². The number of hydrogen-bond donors (Lipinski definition) is 3. The van der Waals surface area contributed by atoms with Gasteiger partial charge in [-0.3, -0.25) is 0 Å². The Morgan fingerprint density at radius 2 is 2.40 bits per heavy atom. The topological polar surface area (TPSA) is 102 Å². The maximum Gasteiger partial charge on any atom is 0.181 e. The van der Waals surface area contributed by atoms with Gasteiger partial charge in [-0.25, -0.2) is 14.6 Å². The highest BCUT2D eigenvalue weighted by atomic mass is 32.2. The first-order valence-electron chi connectivity index (χ1n) is 6.32. The van der Waals surface area contributed by atoms with Crippen LogP contribution in [0.2, 0.25) is 0 Å². The molecular weight excluding hydrogens is 276 g/mol. The summed E-state index contributed by atoms with van der Waals surface area (Å²) in [4.78, 5) is 8.27. The lowest BCUT2D eigenvalue weighted by molar-refractivity contribution is 0.0819. The van der Waals surface area contributed by atoms with E-state index in [2.05, 4.69) is 20.4 Å². The summed E-state index contributed by atoms with van der Waals surface area (Å²) in [5.41, 5.74) is 5.80. The first-order chi connectivity index (χ1) is 9.68. The Morgan fingerprint density at radius 3 is 3.10 bits per heavy atom. The maximum atomic E-state index is 10.3. The highest BCUT2D eigenvalue weighted by Crippen LogP contribution is 2.29. The summed E-state index contributed by atoms with van der Waals surface area (Å²) in [6.07, 6.45) is 5.64. The van der Waals surface area contributed by atoms with Gasteiger partial charge in [0.1, 0.15) is 12.0 Å². The summed E-state index contributed by atoms with van der Waals surface area (Å²) < 4.78 is 1.59. The van der Waals surface area contributed by atoms with E-state index in [1.54, 1.807) is 34.9 Å². The molecule has 0 spiro atoms. The number of anilines is 2. The molecule has 4 N–H and O–H groups in total. The zero-order valence-corrected chi connectivity index (χ0v) is 11.7. The van der Waals surface area contributed by atoms with Gasteiger partial charge in [0.05, 0.1) is 5.60 Å². The molecule has 106 valence electrons. The molecule has 2 aromatic heterocycles. The molecule has 0 aromatic carbocycles. The molecule has 0 radical (unpaired) electrons. The fourth-order valence-electron chi connectivity index (χ4n) is 2.09. The van der Waals surface area contributed by atoms with Gasteiger partial charge in [-0.1, -0.05) is 0 Å². The fraction of sp³-hybridized carbons (Fsp3) is 0.417. The second-order valence-corrected chi connectivity index (χ2v) is 5.90. The lowest BCUT2D eigenvalue weighted by Gasteiger charge is -2.22. The van der Waals surface area contributed by atoms with Gasteiger partial charge in [0, 0.05) is 24.7 Å². The normalized spacial score (nSPS) is 22.1. The second-order valence-electron chi connectivity index (χ2n) is 4.79. The number of hydrogen-bond acceptors (Lipinski definition) is 7. The largest absolute Gasteiger partial charge is 0.393 e. The van der Waals surface area contributed by atoms with E-state index in [0.29, 0.717) is 23.9 Å². The predicted molar refractivity (Wildman–Crippen MR) is 78.9 cm³/mol. The Kier molecular flexibility index (Phi) is 3.49. The van der Waals surface area contributed by atoms with E-state index < -0.39 is 5.60 Å². The lowest BCUT2D eigenvalue weighted by atomic mass is 10.0. The van der Waals surface area contributed by atoms with E-state index in [4.69, 9.17) is 5.73 Å². The second kappa shape index (κ2) is 5.29. The Bertz CT molecular complexity index is 582. The number of nitrogen functional groups attached to an aromatic ring is 1. The van der Waals surface area contributed by atoms with Crippen LogP contribution >= 0.6 is 11.8 Å². The van der Waals surface area contributed by atoms with Gasteiger partial charge in [-0.05, 0) is 18.2 Å². The zero-order chi connectivity index (χ0) is 14.0. The van der Waals surface area contributed by atoms with Crippen LogP contribution < -0.4 is 11.1 Å². The van der Waals surface area contributed by atoms with Crippen LogP contribution in [0.3, 0.4) is 0 Å². The summed E-state index contributed by atoms with van der Waals surface area (Å²) >= 11 is 1.75. The van der Waals surface area contributed by atoms with E-state index >= 15 is 0 Å². The van der Waals surface area contributed by atoms with Gasteiger partial charge in [-0.15, -0.1) is 0 Å². The lowest BCUT2D eigenvalue weighted by Crippen LogP contribution is -2.37. The van der Waals surface area contributed by atoms with Crippen LogP contribution in [0.15, 0.2) is 24.8 Å². The summed E-state index contributed by atoms with van der Waals surface area (Å²) in [6, 6.07) is 1.80. The van der Waals surface area contributed by atoms with E-state index in [1.807, 2.05) is 0 Å². The molecule has 0 saturated carbocycles. The van der Waals surface area contributed by atoms with Gasteiger partial charge >= 0.3 is 0 Å². The number of nitrogens with two attached hydrogens (primary N) is 1. The third-order valence-corrected chi connectivity index (χ3v) is 4.49. The molecule has 0 amide bonds. The first kappa shape index (κ1) is 13.2. The quantitative estimate of drug-likeness (QED) is 0.755. The molecule has 1 aliphatic rings. The van der Waals surface area contributed by atoms with E-state index in [0.717, 1.165) is 17.9 Å². The molecule has 1 aliphatic heterocycles. The average Bonchev–Trinajstić information content (AvgIpc) is 3.10. The minimum atomic E-state index is -0.687. The molecule has 8 heteroatoms. The van der Waals surface area contributed by atoms with Crippen molar-refractivity contribution in [2.45, 2.75) is 12.0 Å². The summed E-state index contributed by atoms with van der Waals surface area (Å²) in [5.74, 6) is 2.77. The van der Waals surface area contributed by atoms with Crippen LogP contribution in [-0.4, -0.2) is 48.5 Å². The van der Waals surface area contributed by atoms with Crippen LogP contribution in [0, 0.1) is 0 Å². The third-order valence-electron chi connectivity index (χ3n) is 3.25. The van der Waals surface area contributed by atoms with Crippen molar-refractivity contribution in [3.8, 4) is 5.82 Å². The molecule has 1 unspecified atom stereocenters. The summed E-state index contributed by atoms with van der Waals surface area (Å²) in [7, 11) is 0. The van der Waals surface area contributed by atoms with Crippen molar-refractivity contribution in [2.75, 3.05) is 29.1 Å². The molecular formula is C12H16N6OS.